The first-order valence-corrected chi connectivity index (χ1v) is 5.62. The number of carboxylic acids is 1. The highest BCUT2D eigenvalue weighted by Gasteiger charge is 2.11. The zero-order valence-corrected chi connectivity index (χ0v) is 9.75. The Morgan fingerprint density at radius 1 is 1.21 bits per heavy atom. The molecule has 0 amide bonds. The van der Waals surface area contributed by atoms with E-state index in [9.17, 15) is 9.18 Å². The van der Waals surface area contributed by atoms with Crippen LogP contribution in [-0.4, -0.2) is 20.6 Å². The van der Waals surface area contributed by atoms with Crippen LogP contribution >= 0.6 is 0 Å². The lowest BCUT2D eigenvalue weighted by Crippen LogP contribution is -2.01. The minimum absolute atomic E-state index is 0.0781. The summed E-state index contributed by atoms with van der Waals surface area (Å²) in [6.45, 7) is 0. The second-order valence-electron chi connectivity index (χ2n) is 4.07. The van der Waals surface area contributed by atoms with Gasteiger partial charge in [-0.25, -0.2) is 14.2 Å². The first kappa shape index (κ1) is 11.4. The summed E-state index contributed by atoms with van der Waals surface area (Å²) in [5.41, 5.74) is 1.72. The molecule has 1 heterocycles. The van der Waals surface area contributed by atoms with Crippen LogP contribution < -0.4 is 0 Å². The van der Waals surface area contributed by atoms with Crippen molar-refractivity contribution in [3.63, 3.8) is 0 Å². The van der Waals surface area contributed by atoms with Gasteiger partial charge in [0.1, 0.15) is 12.1 Å². The van der Waals surface area contributed by atoms with Crippen molar-refractivity contribution in [2.24, 2.45) is 0 Å². The van der Waals surface area contributed by atoms with Crippen molar-refractivity contribution in [1.29, 1.82) is 0 Å². The largest absolute Gasteiger partial charge is 0.478 e. The van der Waals surface area contributed by atoms with Gasteiger partial charge in [-0.05, 0) is 30.3 Å². The van der Waals surface area contributed by atoms with Crippen LogP contribution in [0.3, 0.4) is 0 Å². The molecule has 0 saturated carbocycles. The Bertz CT molecular complexity index is 780. The fraction of sp³-hybridized carbons (Fsp3) is 0. The number of benzene rings is 2. The second kappa shape index (κ2) is 4.20. The maximum Gasteiger partial charge on any atom is 0.335 e. The molecule has 0 bridgehead atoms. The Hall–Kier alpha value is -2.69. The molecule has 3 aromatic rings. The highest BCUT2D eigenvalue weighted by molar-refractivity contribution is 5.88. The van der Waals surface area contributed by atoms with Gasteiger partial charge in [0.25, 0.3) is 0 Å². The van der Waals surface area contributed by atoms with Crippen LogP contribution in [0.1, 0.15) is 10.4 Å². The molecule has 0 aliphatic heterocycles. The Morgan fingerprint density at radius 2 is 2.00 bits per heavy atom. The normalized spacial score (nSPS) is 10.8. The third kappa shape index (κ3) is 1.85. The number of hydrogen-bond donors (Lipinski definition) is 1. The summed E-state index contributed by atoms with van der Waals surface area (Å²) >= 11 is 0. The molecule has 3 rings (SSSR count). The highest BCUT2D eigenvalue weighted by atomic mass is 19.1. The van der Waals surface area contributed by atoms with Gasteiger partial charge in [0.15, 0.2) is 0 Å². The number of carboxylic acid groups (broad SMARTS) is 1. The first-order chi connectivity index (χ1) is 9.16. The maximum absolute atomic E-state index is 14.0. The number of aromatic nitrogens is 2. The van der Waals surface area contributed by atoms with E-state index in [2.05, 4.69) is 4.98 Å². The number of nitrogens with zero attached hydrogens (tertiary/aromatic N) is 2. The van der Waals surface area contributed by atoms with Gasteiger partial charge in [-0.2, -0.15) is 0 Å². The summed E-state index contributed by atoms with van der Waals surface area (Å²) in [5.74, 6) is -1.75. The van der Waals surface area contributed by atoms with Crippen molar-refractivity contribution in [2.45, 2.75) is 0 Å². The fourth-order valence-corrected chi connectivity index (χ4v) is 1.99. The topological polar surface area (TPSA) is 55.1 Å². The molecule has 0 unspecified atom stereocenters. The number of halogens is 1. The quantitative estimate of drug-likeness (QED) is 0.767. The van der Waals surface area contributed by atoms with Crippen molar-refractivity contribution in [3.05, 3.63) is 60.2 Å². The van der Waals surface area contributed by atoms with Gasteiger partial charge in [0.2, 0.25) is 0 Å². The van der Waals surface area contributed by atoms with Crippen LogP contribution in [0.4, 0.5) is 4.39 Å². The van der Waals surface area contributed by atoms with E-state index in [4.69, 9.17) is 5.11 Å². The van der Waals surface area contributed by atoms with E-state index < -0.39 is 11.8 Å². The van der Waals surface area contributed by atoms with E-state index in [0.717, 1.165) is 17.1 Å². The standard InChI is InChI=1S/C14H9FN2O2/c15-10-7-9(14(18)19)5-6-12(10)17-8-16-11-3-1-2-4-13(11)17/h1-8H,(H,18,19). The number of para-hydroxylation sites is 2. The molecular formula is C14H9FN2O2. The maximum atomic E-state index is 14.0. The van der Waals surface area contributed by atoms with Gasteiger partial charge in [-0.1, -0.05) is 12.1 Å². The zero-order chi connectivity index (χ0) is 13.4. The summed E-state index contributed by atoms with van der Waals surface area (Å²) in [6, 6.07) is 11.2. The lowest BCUT2D eigenvalue weighted by molar-refractivity contribution is 0.0696. The molecule has 0 aliphatic carbocycles. The van der Waals surface area contributed by atoms with Gasteiger partial charge in [-0.3, -0.25) is 4.57 Å². The summed E-state index contributed by atoms with van der Waals surface area (Å²) in [5, 5.41) is 8.82. The van der Waals surface area contributed by atoms with E-state index in [0.29, 0.717) is 0 Å². The third-order valence-corrected chi connectivity index (χ3v) is 2.91. The first-order valence-electron chi connectivity index (χ1n) is 5.62. The van der Waals surface area contributed by atoms with Gasteiger partial charge in [0, 0.05) is 0 Å². The van der Waals surface area contributed by atoms with Crippen LogP contribution in [0.25, 0.3) is 16.7 Å². The van der Waals surface area contributed by atoms with Gasteiger partial charge in [-0.15, -0.1) is 0 Å². The molecular weight excluding hydrogens is 247 g/mol. The van der Waals surface area contributed by atoms with Crippen molar-refractivity contribution in [3.8, 4) is 5.69 Å². The van der Waals surface area contributed by atoms with Crippen LogP contribution in [-0.2, 0) is 0 Å². The lowest BCUT2D eigenvalue weighted by atomic mass is 10.2. The zero-order valence-electron chi connectivity index (χ0n) is 9.75. The number of rotatable bonds is 2. The minimum atomic E-state index is -1.15. The van der Waals surface area contributed by atoms with Crippen LogP contribution in [0.15, 0.2) is 48.8 Å². The fourth-order valence-electron chi connectivity index (χ4n) is 1.99. The molecule has 1 N–H and O–H groups in total. The van der Waals surface area contributed by atoms with Crippen LogP contribution in [0, 0.1) is 5.82 Å². The molecule has 19 heavy (non-hydrogen) atoms. The Morgan fingerprint density at radius 3 is 2.74 bits per heavy atom. The van der Waals surface area contributed by atoms with Gasteiger partial charge in [0.05, 0.1) is 22.3 Å². The van der Waals surface area contributed by atoms with Crippen molar-refractivity contribution < 1.29 is 14.3 Å². The van der Waals surface area contributed by atoms with Crippen LogP contribution in [0.5, 0.6) is 0 Å². The molecule has 0 atom stereocenters. The van der Waals surface area contributed by atoms with Crippen molar-refractivity contribution in [2.75, 3.05) is 0 Å². The molecule has 2 aromatic carbocycles. The van der Waals surface area contributed by atoms with Crippen molar-refractivity contribution >= 4 is 17.0 Å². The van der Waals surface area contributed by atoms with E-state index in [1.807, 2.05) is 24.3 Å². The molecule has 0 aliphatic rings. The Balaban J connectivity index is 2.19. The number of imidazole rings is 1. The lowest BCUT2D eigenvalue weighted by Gasteiger charge is -2.06. The predicted molar refractivity (Wildman–Crippen MR) is 68.0 cm³/mol. The molecule has 1 aromatic heterocycles. The second-order valence-corrected chi connectivity index (χ2v) is 4.07. The summed E-state index contributed by atoms with van der Waals surface area (Å²) in [4.78, 5) is 15.0. The van der Waals surface area contributed by atoms with Gasteiger partial charge >= 0.3 is 5.97 Å². The average Bonchev–Trinajstić information content (AvgIpc) is 2.82. The number of aromatic carboxylic acids is 1. The smallest absolute Gasteiger partial charge is 0.335 e. The third-order valence-electron chi connectivity index (χ3n) is 2.91. The summed E-state index contributed by atoms with van der Waals surface area (Å²) in [6.07, 6.45) is 1.52. The number of fused-ring (bicyclic) bond motifs is 1. The predicted octanol–water partition coefficient (Wildman–Crippen LogP) is 2.86. The van der Waals surface area contributed by atoms with Crippen molar-refractivity contribution in [1.82, 2.24) is 9.55 Å². The molecule has 5 heteroatoms. The Labute approximate surface area is 107 Å². The van der Waals surface area contributed by atoms with E-state index >= 15 is 0 Å². The Kier molecular flexibility index (Phi) is 2.52. The molecule has 0 spiro atoms. The average molecular weight is 256 g/mol. The van der Waals surface area contributed by atoms with E-state index in [1.165, 1.54) is 18.5 Å². The van der Waals surface area contributed by atoms with Crippen LogP contribution in [0.2, 0.25) is 0 Å². The molecule has 94 valence electrons. The number of hydrogen-bond acceptors (Lipinski definition) is 2. The molecule has 0 radical (unpaired) electrons. The summed E-state index contributed by atoms with van der Waals surface area (Å²) < 4.78 is 15.6. The van der Waals surface area contributed by atoms with E-state index in [-0.39, 0.29) is 11.3 Å². The molecule has 4 nitrogen and oxygen atoms in total. The monoisotopic (exact) mass is 256 g/mol. The van der Waals surface area contributed by atoms with Gasteiger partial charge < -0.3 is 5.11 Å². The SMILES string of the molecule is O=C(O)c1ccc(-n2cnc3ccccc32)c(F)c1. The molecule has 0 fully saturated rings. The summed E-state index contributed by atoms with van der Waals surface area (Å²) in [7, 11) is 0. The minimum Gasteiger partial charge on any atom is -0.478 e. The molecule has 0 saturated heterocycles. The highest BCUT2D eigenvalue weighted by Crippen LogP contribution is 2.21. The van der Waals surface area contributed by atoms with E-state index in [1.54, 1.807) is 4.57 Å². The number of carbonyl (C=O) groups is 1.